The maximum absolute atomic E-state index is 13.7. The van der Waals surface area contributed by atoms with Crippen molar-refractivity contribution < 1.29 is 18.4 Å². The van der Waals surface area contributed by atoms with Gasteiger partial charge in [-0.05, 0) is 42.5 Å². The van der Waals surface area contributed by atoms with Crippen LogP contribution in [-0.4, -0.2) is 11.8 Å². The molecular formula is C18H13FN2O3. The molecule has 1 aromatic heterocycles. The van der Waals surface area contributed by atoms with Crippen molar-refractivity contribution in [1.82, 2.24) is 0 Å². The quantitative estimate of drug-likeness (QED) is 0.771. The predicted octanol–water partition coefficient (Wildman–Crippen LogP) is 3.44. The van der Waals surface area contributed by atoms with Crippen LogP contribution < -0.4 is 11.1 Å². The van der Waals surface area contributed by atoms with Gasteiger partial charge in [0.2, 0.25) is 5.91 Å². The molecule has 24 heavy (non-hydrogen) atoms. The lowest BCUT2D eigenvalue weighted by molar-refractivity contribution is 0.0988. The molecule has 0 atom stereocenters. The minimum Gasteiger partial charge on any atom is -0.451 e. The molecule has 0 aliphatic rings. The van der Waals surface area contributed by atoms with Gasteiger partial charge in [0.1, 0.15) is 11.6 Å². The standard InChI is InChI=1S/C18H13FN2O3/c19-14-7-2-1-6-13(14)15-8-9-16(24-15)18(23)21-12-5-3-4-11(10-12)17(20)22/h1-10H,(H2,20,22)(H,21,23). The number of halogens is 1. The lowest BCUT2D eigenvalue weighted by Gasteiger charge is -2.04. The van der Waals surface area contributed by atoms with E-state index in [4.69, 9.17) is 10.2 Å². The number of nitrogens with two attached hydrogens (primary N) is 1. The van der Waals surface area contributed by atoms with Gasteiger partial charge in [-0.25, -0.2) is 4.39 Å². The monoisotopic (exact) mass is 324 g/mol. The molecule has 3 aromatic rings. The third-order valence-corrected chi connectivity index (χ3v) is 3.37. The average Bonchev–Trinajstić information content (AvgIpc) is 3.05. The first-order valence-corrected chi connectivity index (χ1v) is 7.10. The van der Waals surface area contributed by atoms with Crippen molar-refractivity contribution in [2.75, 3.05) is 5.32 Å². The normalized spacial score (nSPS) is 10.4. The summed E-state index contributed by atoms with van der Waals surface area (Å²) in [7, 11) is 0. The zero-order valence-electron chi connectivity index (χ0n) is 12.5. The van der Waals surface area contributed by atoms with Crippen molar-refractivity contribution in [1.29, 1.82) is 0 Å². The van der Waals surface area contributed by atoms with Crippen LogP contribution in [0.15, 0.2) is 65.1 Å². The van der Waals surface area contributed by atoms with E-state index in [9.17, 15) is 14.0 Å². The predicted molar refractivity (Wildman–Crippen MR) is 87.0 cm³/mol. The summed E-state index contributed by atoms with van der Waals surface area (Å²) in [6.07, 6.45) is 0. The summed E-state index contributed by atoms with van der Waals surface area (Å²) in [5.74, 6) is -1.26. The molecule has 0 aliphatic carbocycles. The number of primary amides is 1. The fraction of sp³-hybridized carbons (Fsp3) is 0. The van der Waals surface area contributed by atoms with Gasteiger partial charge < -0.3 is 15.5 Å². The highest BCUT2D eigenvalue weighted by molar-refractivity contribution is 6.03. The second kappa shape index (κ2) is 6.37. The Bertz CT molecular complexity index is 918. The van der Waals surface area contributed by atoms with Crippen molar-refractivity contribution in [2.45, 2.75) is 0 Å². The Morgan fingerprint density at radius 2 is 1.79 bits per heavy atom. The summed E-state index contributed by atoms with van der Waals surface area (Å²) in [5, 5.41) is 2.60. The first kappa shape index (κ1) is 15.5. The molecule has 0 fully saturated rings. The molecule has 0 spiro atoms. The lowest BCUT2D eigenvalue weighted by atomic mass is 10.1. The Balaban J connectivity index is 1.81. The molecule has 2 aromatic carbocycles. The van der Waals surface area contributed by atoms with Gasteiger partial charge in [0, 0.05) is 11.3 Å². The number of amides is 2. The summed E-state index contributed by atoms with van der Waals surface area (Å²) in [5.41, 5.74) is 6.15. The van der Waals surface area contributed by atoms with Crippen LogP contribution in [-0.2, 0) is 0 Å². The van der Waals surface area contributed by atoms with E-state index in [2.05, 4.69) is 5.32 Å². The van der Waals surface area contributed by atoms with Gasteiger partial charge in [-0.3, -0.25) is 9.59 Å². The summed E-state index contributed by atoms with van der Waals surface area (Å²) in [6, 6.07) is 15.3. The minimum atomic E-state index is -0.592. The summed E-state index contributed by atoms with van der Waals surface area (Å²) in [6.45, 7) is 0. The van der Waals surface area contributed by atoms with Crippen LogP contribution in [0.4, 0.5) is 10.1 Å². The van der Waals surface area contributed by atoms with E-state index >= 15 is 0 Å². The van der Waals surface area contributed by atoms with E-state index in [1.54, 1.807) is 36.4 Å². The van der Waals surface area contributed by atoms with Crippen LogP contribution in [0.25, 0.3) is 11.3 Å². The van der Waals surface area contributed by atoms with E-state index < -0.39 is 17.6 Å². The van der Waals surface area contributed by atoms with Gasteiger partial charge >= 0.3 is 0 Å². The summed E-state index contributed by atoms with van der Waals surface area (Å²) in [4.78, 5) is 23.4. The van der Waals surface area contributed by atoms with Crippen molar-refractivity contribution in [2.24, 2.45) is 5.73 Å². The molecular weight excluding hydrogens is 311 g/mol. The maximum Gasteiger partial charge on any atom is 0.291 e. The molecule has 1 heterocycles. The molecule has 5 nitrogen and oxygen atoms in total. The van der Waals surface area contributed by atoms with Gasteiger partial charge in [0.15, 0.2) is 5.76 Å². The summed E-state index contributed by atoms with van der Waals surface area (Å²) >= 11 is 0. The van der Waals surface area contributed by atoms with E-state index in [-0.39, 0.29) is 22.6 Å². The van der Waals surface area contributed by atoms with Crippen LogP contribution in [0.2, 0.25) is 0 Å². The molecule has 6 heteroatoms. The number of benzene rings is 2. The molecule has 0 saturated heterocycles. The topological polar surface area (TPSA) is 85.3 Å². The molecule has 3 rings (SSSR count). The Kier molecular flexibility index (Phi) is 4.11. The van der Waals surface area contributed by atoms with Crippen LogP contribution in [0, 0.1) is 5.82 Å². The van der Waals surface area contributed by atoms with Crippen LogP contribution in [0.5, 0.6) is 0 Å². The number of carbonyl (C=O) groups excluding carboxylic acids is 2. The Hall–Kier alpha value is -3.41. The zero-order valence-corrected chi connectivity index (χ0v) is 12.5. The molecule has 2 amide bonds. The highest BCUT2D eigenvalue weighted by Gasteiger charge is 2.15. The van der Waals surface area contributed by atoms with Gasteiger partial charge in [-0.15, -0.1) is 0 Å². The lowest BCUT2D eigenvalue weighted by Crippen LogP contribution is -2.14. The molecule has 0 unspecified atom stereocenters. The van der Waals surface area contributed by atoms with Crippen molar-refractivity contribution in [3.8, 4) is 11.3 Å². The van der Waals surface area contributed by atoms with Crippen molar-refractivity contribution >= 4 is 17.5 Å². The minimum absolute atomic E-state index is 0.0257. The average molecular weight is 324 g/mol. The van der Waals surface area contributed by atoms with Crippen LogP contribution >= 0.6 is 0 Å². The third-order valence-electron chi connectivity index (χ3n) is 3.37. The largest absolute Gasteiger partial charge is 0.451 e. The molecule has 0 aliphatic heterocycles. The highest BCUT2D eigenvalue weighted by atomic mass is 19.1. The second-order valence-electron chi connectivity index (χ2n) is 5.04. The smallest absolute Gasteiger partial charge is 0.291 e. The first-order chi connectivity index (χ1) is 11.5. The molecule has 0 bridgehead atoms. The summed E-state index contributed by atoms with van der Waals surface area (Å²) < 4.78 is 19.2. The molecule has 0 saturated carbocycles. The number of furan rings is 1. The fourth-order valence-corrected chi connectivity index (χ4v) is 2.21. The van der Waals surface area contributed by atoms with Crippen molar-refractivity contribution in [3.05, 3.63) is 77.8 Å². The fourth-order valence-electron chi connectivity index (χ4n) is 2.21. The van der Waals surface area contributed by atoms with Gasteiger partial charge in [0.05, 0.1) is 5.56 Å². The molecule has 0 radical (unpaired) electrons. The van der Waals surface area contributed by atoms with Crippen LogP contribution in [0.1, 0.15) is 20.9 Å². The number of carbonyl (C=O) groups is 2. The Morgan fingerprint density at radius 1 is 1.00 bits per heavy atom. The number of hydrogen-bond acceptors (Lipinski definition) is 3. The number of rotatable bonds is 4. The SMILES string of the molecule is NC(=O)c1cccc(NC(=O)c2ccc(-c3ccccc3F)o2)c1. The third kappa shape index (κ3) is 3.17. The van der Waals surface area contributed by atoms with Gasteiger partial charge in [0.25, 0.3) is 5.91 Å². The zero-order chi connectivity index (χ0) is 17.1. The number of anilines is 1. The molecule has 120 valence electrons. The molecule has 3 N–H and O–H groups in total. The van der Waals surface area contributed by atoms with E-state index in [0.29, 0.717) is 5.69 Å². The Morgan fingerprint density at radius 3 is 2.54 bits per heavy atom. The highest BCUT2D eigenvalue weighted by Crippen LogP contribution is 2.25. The van der Waals surface area contributed by atoms with E-state index in [1.807, 2.05) is 0 Å². The van der Waals surface area contributed by atoms with E-state index in [0.717, 1.165) is 0 Å². The number of hydrogen-bond donors (Lipinski definition) is 2. The second-order valence-corrected chi connectivity index (χ2v) is 5.04. The van der Waals surface area contributed by atoms with Gasteiger partial charge in [-0.1, -0.05) is 18.2 Å². The van der Waals surface area contributed by atoms with E-state index in [1.165, 1.54) is 24.3 Å². The Labute approximate surface area is 136 Å². The maximum atomic E-state index is 13.7. The first-order valence-electron chi connectivity index (χ1n) is 7.10. The van der Waals surface area contributed by atoms with Gasteiger partial charge in [-0.2, -0.15) is 0 Å². The van der Waals surface area contributed by atoms with Crippen molar-refractivity contribution in [3.63, 3.8) is 0 Å². The number of nitrogens with one attached hydrogen (secondary N) is 1. The van der Waals surface area contributed by atoms with Crippen LogP contribution in [0.3, 0.4) is 0 Å².